The average molecular weight is 359 g/mol. The number of hydrogen-bond acceptors (Lipinski definition) is 7. The number of hydrogen-bond donors (Lipinski definition) is 2. The highest BCUT2D eigenvalue weighted by molar-refractivity contribution is 8.14. The molecular formula is C12H17N5O4S2. The van der Waals surface area contributed by atoms with Gasteiger partial charge in [0.1, 0.15) is 0 Å². The van der Waals surface area contributed by atoms with E-state index in [1.165, 1.54) is 4.57 Å². The molecule has 11 heteroatoms. The van der Waals surface area contributed by atoms with Crippen LogP contribution in [-0.2, 0) is 16.1 Å². The zero-order valence-electron chi connectivity index (χ0n) is 12.5. The van der Waals surface area contributed by atoms with Crippen molar-refractivity contribution in [1.29, 1.82) is 0 Å². The molecule has 9 nitrogen and oxygen atoms in total. The van der Waals surface area contributed by atoms with Gasteiger partial charge in [0.15, 0.2) is 5.16 Å². The van der Waals surface area contributed by atoms with Crippen LogP contribution in [0.1, 0.15) is 13.3 Å². The van der Waals surface area contributed by atoms with E-state index in [-0.39, 0.29) is 47.3 Å². The first-order valence-electron chi connectivity index (χ1n) is 7.04. The molecule has 1 aromatic rings. The minimum Gasteiger partial charge on any atom is -0.354 e. The number of carbonyl (C=O) groups is 3. The summed E-state index contributed by atoms with van der Waals surface area (Å²) in [4.78, 5) is 47.2. The molecule has 1 aliphatic heterocycles. The molecule has 0 bridgehead atoms. The fourth-order valence-electron chi connectivity index (χ4n) is 1.92. The summed E-state index contributed by atoms with van der Waals surface area (Å²) in [6, 6.07) is 0. The Morgan fingerprint density at radius 2 is 2.17 bits per heavy atom. The van der Waals surface area contributed by atoms with Crippen molar-refractivity contribution >= 4 is 40.6 Å². The molecule has 0 atom stereocenters. The smallest absolute Gasteiger partial charge is 0.343 e. The Hall–Kier alpha value is -1.75. The topological polar surface area (TPSA) is 117 Å². The number of thioether (sulfide) groups is 2. The van der Waals surface area contributed by atoms with E-state index in [0.29, 0.717) is 11.7 Å². The van der Waals surface area contributed by atoms with Crippen LogP contribution in [0.5, 0.6) is 0 Å². The summed E-state index contributed by atoms with van der Waals surface area (Å²) in [7, 11) is 0. The summed E-state index contributed by atoms with van der Waals surface area (Å²) in [6.07, 6.45) is 0.787. The van der Waals surface area contributed by atoms with Crippen LogP contribution in [0.2, 0.25) is 0 Å². The number of H-pyrrole nitrogens is 1. The summed E-state index contributed by atoms with van der Waals surface area (Å²) in [5.41, 5.74) is -0.293. The summed E-state index contributed by atoms with van der Waals surface area (Å²) in [6.45, 7) is 2.86. The van der Waals surface area contributed by atoms with Gasteiger partial charge in [0, 0.05) is 19.6 Å². The molecule has 0 spiro atoms. The SMILES string of the molecule is CCCn1c(SCC(=O)NCCN2C(=O)CSC2=O)n[nH]c1=O. The Labute approximate surface area is 140 Å². The molecule has 1 saturated heterocycles. The van der Waals surface area contributed by atoms with Gasteiger partial charge in [0.2, 0.25) is 11.8 Å². The predicted molar refractivity (Wildman–Crippen MR) is 86.4 cm³/mol. The van der Waals surface area contributed by atoms with Crippen molar-refractivity contribution in [1.82, 2.24) is 25.0 Å². The molecule has 0 saturated carbocycles. The molecule has 2 N–H and O–H groups in total. The molecular weight excluding hydrogens is 342 g/mol. The molecule has 0 aromatic carbocycles. The van der Waals surface area contributed by atoms with Crippen molar-refractivity contribution in [2.45, 2.75) is 25.0 Å². The number of amides is 3. The average Bonchev–Trinajstić information content (AvgIpc) is 3.03. The van der Waals surface area contributed by atoms with Crippen LogP contribution in [0.4, 0.5) is 4.79 Å². The van der Waals surface area contributed by atoms with E-state index in [1.807, 2.05) is 6.92 Å². The lowest BCUT2D eigenvalue weighted by molar-refractivity contribution is -0.125. The molecule has 126 valence electrons. The maximum absolute atomic E-state index is 11.8. The van der Waals surface area contributed by atoms with Crippen molar-refractivity contribution in [3.8, 4) is 0 Å². The molecule has 1 aliphatic rings. The Morgan fingerprint density at radius 1 is 1.39 bits per heavy atom. The van der Waals surface area contributed by atoms with E-state index in [2.05, 4.69) is 15.5 Å². The number of nitrogens with zero attached hydrogens (tertiary/aromatic N) is 3. The maximum Gasteiger partial charge on any atom is 0.343 e. The largest absolute Gasteiger partial charge is 0.354 e. The molecule has 3 amide bonds. The highest BCUT2D eigenvalue weighted by Crippen LogP contribution is 2.17. The van der Waals surface area contributed by atoms with E-state index in [9.17, 15) is 19.2 Å². The fraction of sp³-hybridized carbons (Fsp3) is 0.583. The normalized spacial score (nSPS) is 14.6. The van der Waals surface area contributed by atoms with Gasteiger partial charge in [-0.3, -0.25) is 23.9 Å². The molecule has 1 fully saturated rings. The van der Waals surface area contributed by atoms with Crippen LogP contribution >= 0.6 is 23.5 Å². The van der Waals surface area contributed by atoms with Crippen molar-refractivity contribution in [3.05, 3.63) is 10.5 Å². The first kappa shape index (κ1) is 17.6. The fourth-order valence-corrected chi connectivity index (χ4v) is 3.47. The summed E-state index contributed by atoms with van der Waals surface area (Å²) in [5.74, 6) is -0.217. The van der Waals surface area contributed by atoms with E-state index >= 15 is 0 Å². The summed E-state index contributed by atoms with van der Waals surface area (Å²) in [5, 5.41) is 9.06. The molecule has 0 unspecified atom stereocenters. The monoisotopic (exact) mass is 359 g/mol. The third-order valence-electron chi connectivity index (χ3n) is 3.00. The Balaban J connectivity index is 1.74. The van der Waals surface area contributed by atoms with Crippen molar-refractivity contribution in [3.63, 3.8) is 0 Å². The summed E-state index contributed by atoms with van der Waals surface area (Å²) < 4.78 is 1.48. The highest BCUT2D eigenvalue weighted by Gasteiger charge is 2.29. The minimum atomic E-state index is -0.293. The molecule has 2 rings (SSSR count). The van der Waals surface area contributed by atoms with Gasteiger partial charge in [-0.15, -0.1) is 5.10 Å². The second kappa shape index (κ2) is 8.20. The van der Waals surface area contributed by atoms with Crippen molar-refractivity contribution < 1.29 is 14.4 Å². The molecule has 2 heterocycles. The lowest BCUT2D eigenvalue weighted by Gasteiger charge is -2.12. The first-order chi connectivity index (χ1) is 11.0. The molecule has 0 aliphatic carbocycles. The highest BCUT2D eigenvalue weighted by atomic mass is 32.2. The number of rotatable bonds is 8. The second-order valence-electron chi connectivity index (χ2n) is 4.70. The Kier molecular flexibility index (Phi) is 6.28. The Morgan fingerprint density at radius 3 is 2.83 bits per heavy atom. The van der Waals surface area contributed by atoms with Gasteiger partial charge in [-0.1, -0.05) is 30.4 Å². The summed E-state index contributed by atoms with van der Waals surface area (Å²) >= 11 is 2.12. The van der Waals surface area contributed by atoms with E-state index in [4.69, 9.17) is 0 Å². The van der Waals surface area contributed by atoms with Gasteiger partial charge >= 0.3 is 5.69 Å². The lowest BCUT2D eigenvalue weighted by atomic mass is 10.5. The van der Waals surface area contributed by atoms with Crippen LogP contribution in [0.15, 0.2) is 9.95 Å². The quantitative estimate of drug-likeness (QED) is 0.622. The zero-order chi connectivity index (χ0) is 16.8. The van der Waals surface area contributed by atoms with E-state index in [0.717, 1.165) is 34.8 Å². The lowest BCUT2D eigenvalue weighted by Crippen LogP contribution is -2.38. The van der Waals surface area contributed by atoms with Gasteiger partial charge in [-0.25, -0.2) is 9.89 Å². The van der Waals surface area contributed by atoms with E-state index in [1.54, 1.807) is 0 Å². The first-order valence-corrected chi connectivity index (χ1v) is 9.02. The number of carbonyl (C=O) groups excluding carboxylic acids is 3. The second-order valence-corrected chi connectivity index (χ2v) is 6.57. The third kappa shape index (κ3) is 4.61. The molecule has 1 aromatic heterocycles. The van der Waals surface area contributed by atoms with Crippen molar-refractivity contribution in [2.24, 2.45) is 0 Å². The number of imide groups is 1. The minimum absolute atomic E-state index is 0.102. The van der Waals surface area contributed by atoms with Crippen LogP contribution in [0.25, 0.3) is 0 Å². The maximum atomic E-state index is 11.8. The van der Waals surface area contributed by atoms with Crippen LogP contribution < -0.4 is 11.0 Å². The zero-order valence-corrected chi connectivity index (χ0v) is 14.2. The van der Waals surface area contributed by atoms with Crippen LogP contribution in [0.3, 0.4) is 0 Å². The van der Waals surface area contributed by atoms with Gasteiger partial charge < -0.3 is 5.32 Å². The number of aromatic nitrogens is 3. The van der Waals surface area contributed by atoms with Gasteiger partial charge in [0.25, 0.3) is 5.24 Å². The number of nitrogens with one attached hydrogen (secondary N) is 2. The predicted octanol–water partition coefficient (Wildman–Crippen LogP) is -0.115. The van der Waals surface area contributed by atoms with Crippen molar-refractivity contribution in [2.75, 3.05) is 24.6 Å². The van der Waals surface area contributed by atoms with Crippen LogP contribution in [-0.4, -0.2) is 61.3 Å². The number of aromatic amines is 1. The van der Waals surface area contributed by atoms with E-state index < -0.39 is 0 Å². The van der Waals surface area contributed by atoms with Crippen LogP contribution in [0, 0.1) is 0 Å². The van der Waals surface area contributed by atoms with Gasteiger partial charge in [0.05, 0.1) is 11.5 Å². The Bertz CT molecular complexity index is 640. The molecule has 0 radical (unpaired) electrons. The third-order valence-corrected chi connectivity index (χ3v) is 4.84. The van der Waals surface area contributed by atoms with Gasteiger partial charge in [-0.05, 0) is 6.42 Å². The van der Waals surface area contributed by atoms with Gasteiger partial charge in [-0.2, -0.15) is 0 Å². The molecule has 23 heavy (non-hydrogen) atoms. The standard InChI is InChI=1S/C12H17N5O4S2/c1-2-4-17-10(20)14-15-11(17)22-6-8(18)13-3-5-16-9(19)7-23-12(16)21/h2-7H2,1H3,(H,13,18)(H,14,20).